The Balaban J connectivity index is 2.08. The van der Waals surface area contributed by atoms with Gasteiger partial charge in [-0.1, -0.05) is 20.8 Å². The Morgan fingerprint density at radius 3 is 3.00 bits per heavy atom. The lowest BCUT2D eigenvalue weighted by molar-refractivity contribution is -0.129. The van der Waals surface area contributed by atoms with Crippen molar-refractivity contribution in [1.29, 1.82) is 0 Å². The maximum Gasteiger partial charge on any atom is 0.324 e. The van der Waals surface area contributed by atoms with Gasteiger partial charge in [0.15, 0.2) is 5.13 Å². The number of anilines is 1. The molecule has 1 fully saturated rings. The fourth-order valence-corrected chi connectivity index (χ4v) is 3.01. The predicted octanol–water partition coefficient (Wildman–Crippen LogP) is 1.69. The molecule has 110 valence electrons. The van der Waals surface area contributed by atoms with Crippen molar-refractivity contribution in [3.63, 3.8) is 0 Å². The minimum Gasteiger partial charge on any atom is -0.353 e. The number of carbonyl (C=O) groups is 2. The molecular weight excluding hydrogens is 276 g/mol. The molecule has 1 aliphatic heterocycles. The second kappa shape index (κ2) is 6.21. The minimum absolute atomic E-state index is 0.0727. The lowest BCUT2D eigenvalue weighted by Crippen LogP contribution is -2.60. The van der Waals surface area contributed by atoms with E-state index in [1.165, 1.54) is 11.3 Å². The van der Waals surface area contributed by atoms with Crippen LogP contribution in [0.1, 0.15) is 25.6 Å². The van der Waals surface area contributed by atoms with Crippen LogP contribution < -0.4 is 10.6 Å². The summed E-state index contributed by atoms with van der Waals surface area (Å²) >= 11 is 1.47. The number of urea groups is 1. The van der Waals surface area contributed by atoms with Crippen molar-refractivity contribution < 1.29 is 9.59 Å². The van der Waals surface area contributed by atoms with Crippen LogP contribution in [-0.2, 0) is 11.2 Å². The first-order chi connectivity index (χ1) is 9.52. The average Bonchev–Trinajstić information content (AvgIpc) is 2.85. The van der Waals surface area contributed by atoms with E-state index >= 15 is 0 Å². The Kier molecular flexibility index (Phi) is 4.59. The zero-order valence-electron chi connectivity index (χ0n) is 12.0. The Hall–Kier alpha value is -1.63. The van der Waals surface area contributed by atoms with Crippen LogP contribution in [0.4, 0.5) is 9.93 Å². The minimum atomic E-state index is -0.422. The van der Waals surface area contributed by atoms with Gasteiger partial charge in [0.1, 0.15) is 6.04 Å². The molecular formula is C13H20N4O2S. The second-order valence-corrected chi connectivity index (χ2v) is 6.20. The van der Waals surface area contributed by atoms with Gasteiger partial charge in [-0.05, 0) is 12.3 Å². The highest BCUT2D eigenvalue weighted by atomic mass is 32.1. The van der Waals surface area contributed by atoms with E-state index in [4.69, 9.17) is 0 Å². The summed E-state index contributed by atoms with van der Waals surface area (Å²) in [4.78, 5) is 31.1. The molecule has 2 rings (SSSR count). The molecule has 0 unspecified atom stereocenters. The van der Waals surface area contributed by atoms with Crippen molar-refractivity contribution in [2.24, 2.45) is 5.92 Å². The van der Waals surface area contributed by atoms with Crippen LogP contribution >= 0.6 is 11.3 Å². The van der Waals surface area contributed by atoms with Gasteiger partial charge in [0, 0.05) is 24.2 Å². The number of aromatic nitrogens is 1. The summed E-state index contributed by atoms with van der Waals surface area (Å²) in [6.45, 7) is 6.94. The fraction of sp³-hybridized carbons (Fsp3) is 0.615. The smallest absolute Gasteiger partial charge is 0.324 e. The Labute approximate surface area is 122 Å². The molecule has 0 saturated carbocycles. The number of rotatable bonds is 3. The second-order valence-electron chi connectivity index (χ2n) is 5.09. The van der Waals surface area contributed by atoms with E-state index in [1.807, 2.05) is 20.8 Å². The molecule has 6 nitrogen and oxygen atoms in total. The highest BCUT2D eigenvalue weighted by Crippen LogP contribution is 2.20. The molecule has 1 aliphatic rings. The summed E-state index contributed by atoms with van der Waals surface area (Å²) in [7, 11) is 0. The van der Waals surface area contributed by atoms with E-state index in [1.54, 1.807) is 11.1 Å². The first kappa shape index (κ1) is 14.8. The van der Waals surface area contributed by atoms with Gasteiger partial charge >= 0.3 is 6.03 Å². The lowest BCUT2D eigenvalue weighted by atomic mass is 10.0. The molecule has 0 aromatic carbocycles. The largest absolute Gasteiger partial charge is 0.353 e. The van der Waals surface area contributed by atoms with Crippen LogP contribution in [0.25, 0.3) is 0 Å². The van der Waals surface area contributed by atoms with Crippen LogP contribution in [-0.4, -0.2) is 41.0 Å². The van der Waals surface area contributed by atoms with E-state index in [2.05, 4.69) is 15.6 Å². The number of piperazine rings is 1. The van der Waals surface area contributed by atoms with Gasteiger partial charge < -0.3 is 10.2 Å². The number of aryl methyl sites for hydroxylation is 1. The molecule has 1 aromatic heterocycles. The maximum atomic E-state index is 12.3. The zero-order valence-corrected chi connectivity index (χ0v) is 12.8. The van der Waals surface area contributed by atoms with E-state index in [0.29, 0.717) is 18.2 Å². The average molecular weight is 296 g/mol. The van der Waals surface area contributed by atoms with E-state index < -0.39 is 6.04 Å². The zero-order chi connectivity index (χ0) is 14.7. The molecule has 0 bridgehead atoms. The molecule has 1 atom stereocenters. The SMILES string of the molecule is CCc1cnc(NC(=O)N2CCNC(=O)[C@H]2C(C)C)s1. The Morgan fingerprint density at radius 1 is 1.65 bits per heavy atom. The highest BCUT2D eigenvalue weighted by molar-refractivity contribution is 7.15. The van der Waals surface area contributed by atoms with Crippen LogP contribution in [0.3, 0.4) is 0 Å². The summed E-state index contributed by atoms with van der Waals surface area (Å²) in [6.07, 6.45) is 2.66. The van der Waals surface area contributed by atoms with Gasteiger partial charge in [0.2, 0.25) is 5.91 Å². The van der Waals surface area contributed by atoms with Gasteiger partial charge in [0.25, 0.3) is 0 Å². The number of nitrogens with one attached hydrogen (secondary N) is 2. The molecule has 3 amide bonds. The van der Waals surface area contributed by atoms with Crippen LogP contribution in [0, 0.1) is 5.92 Å². The van der Waals surface area contributed by atoms with E-state index in [-0.39, 0.29) is 17.9 Å². The molecule has 0 aliphatic carbocycles. The summed E-state index contributed by atoms with van der Waals surface area (Å²) in [6, 6.07) is -0.676. The van der Waals surface area contributed by atoms with Gasteiger partial charge in [-0.15, -0.1) is 11.3 Å². The lowest BCUT2D eigenvalue weighted by Gasteiger charge is -2.36. The first-order valence-electron chi connectivity index (χ1n) is 6.83. The topological polar surface area (TPSA) is 74.3 Å². The standard InChI is InChI=1S/C13H20N4O2S/c1-4-9-7-15-12(20-9)16-13(19)17-6-5-14-11(18)10(17)8(2)3/h7-8,10H,4-6H2,1-3H3,(H,14,18)(H,15,16,19)/t10-/m1/s1. The van der Waals surface area contributed by atoms with Gasteiger partial charge in [-0.25, -0.2) is 9.78 Å². The summed E-state index contributed by atoms with van der Waals surface area (Å²) in [5.41, 5.74) is 0. The van der Waals surface area contributed by atoms with Crippen molar-refractivity contribution >= 4 is 28.4 Å². The number of carbonyl (C=O) groups excluding carboxylic acids is 2. The molecule has 20 heavy (non-hydrogen) atoms. The molecule has 2 N–H and O–H groups in total. The van der Waals surface area contributed by atoms with Crippen LogP contribution in [0.2, 0.25) is 0 Å². The maximum absolute atomic E-state index is 12.3. The highest BCUT2D eigenvalue weighted by Gasteiger charge is 2.35. The number of hydrogen-bond donors (Lipinski definition) is 2. The van der Waals surface area contributed by atoms with E-state index in [0.717, 1.165) is 11.3 Å². The fourth-order valence-electron chi connectivity index (χ4n) is 2.27. The molecule has 1 saturated heterocycles. The Morgan fingerprint density at radius 2 is 2.40 bits per heavy atom. The monoisotopic (exact) mass is 296 g/mol. The molecule has 1 aromatic rings. The molecule has 0 spiro atoms. The van der Waals surface area contributed by atoms with Crippen molar-refractivity contribution in [3.8, 4) is 0 Å². The van der Waals surface area contributed by atoms with Crippen LogP contribution in [0.5, 0.6) is 0 Å². The van der Waals surface area contributed by atoms with Gasteiger partial charge in [-0.3, -0.25) is 10.1 Å². The van der Waals surface area contributed by atoms with Crippen molar-refractivity contribution in [2.75, 3.05) is 18.4 Å². The third-order valence-electron chi connectivity index (χ3n) is 3.26. The van der Waals surface area contributed by atoms with Crippen molar-refractivity contribution in [3.05, 3.63) is 11.1 Å². The van der Waals surface area contributed by atoms with Crippen molar-refractivity contribution in [1.82, 2.24) is 15.2 Å². The van der Waals surface area contributed by atoms with Crippen LogP contribution in [0.15, 0.2) is 6.20 Å². The third kappa shape index (κ3) is 3.09. The summed E-state index contributed by atoms with van der Waals surface area (Å²) < 4.78 is 0. The summed E-state index contributed by atoms with van der Waals surface area (Å²) in [5.74, 6) is -0.0154. The Bertz CT molecular complexity index is 500. The molecule has 0 radical (unpaired) electrons. The predicted molar refractivity (Wildman–Crippen MR) is 78.9 cm³/mol. The number of thiazole rings is 1. The van der Waals surface area contributed by atoms with E-state index in [9.17, 15) is 9.59 Å². The molecule has 7 heteroatoms. The third-order valence-corrected chi connectivity index (χ3v) is 4.32. The van der Waals surface area contributed by atoms with Gasteiger partial charge in [-0.2, -0.15) is 0 Å². The first-order valence-corrected chi connectivity index (χ1v) is 7.64. The normalized spacial score (nSPS) is 19.1. The van der Waals surface area contributed by atoms with Crippen molar-refractivity contribution in [2.45, 2.75) is 33.2 Å². The molecule has 2 heterocycles. The van der Waals surface area contributed by atoms with Gasteiger partial charge in [0.05, 0.1) is 0 Å². The summed E-state index contributed by atoms with van der Waals surface area (Å²) in [5, 5.41) is 6.17. The number of amides is 3. The number of hydrogen-bond acceptors (Lipinski definition) is 4. The quantitative estimate of drug-likeness (QED) is 0.891. The number of nitrogens with zero attached hydrogens (tertiary/aromatic N) is 2.